The van der Waals surface area contributed by atoms with Crippen LogP contribution in [-0.4, -0.2) is 71.9 Å². The molecule has 0 fully saturated rings. The molecule has 39 heavy (non-hydrogen) atoms. The number of benzene rings is 2. The van der Waals surface area contributed by atoms with Crippen LogP contribution >= 0.6 is 0 Å². The molecule has 0 aliphatic carbocycles. The topological polar surface area (TPSA) is 97.4 Å². The summed E-state index contributed by atoms with van der Waals surface area (Å²) in [5.74, 6) is -2.00. The van der Waals surface area contributed by atoms with Gasteiger partial charge in [0, 0.05) is 38.5 Å². The number of nitrogens with one attached hydrogen (secondary N) is 1. The third kappa shape index (κ3) is 6.28. The summed E-state index contributed by atoms with van der Waals surface area (Å²) in [5.41, 5.74) is 7.09. The summed E-state index contributed by atoms with van der Waals surface area (Å²) in [5, 5.41) is 2.97. The molecular weight excluding hydrogens is 523 g/mol. The lowest BCUT2D eigenvalue weighted by Gasteiger charge is -2.24. The van der Waals surface area contributed by atoms with Gasteiger partial charge in [-0.15, -0.1) is 0 Å². The van der Waals surface area contributed by atoms with Crippen molar-refractivity contribution < 1.29 is 26.7 Å². The number of rotatable bonds is 9. The number of ether oxygens (including phenoxy) is 1. The fraction of sp³-hybridized carbons (Fsp3) is 0.320. The quantitative estimate of drug-likeness (QED) is 0.229. The first-order valence-corrected chi connectivity index (χ1v) is 11.7. The molecular formula is C25H27F5N8O. The third-order valence-electron chi connectivity index (χ3n) is 5.88. The SMILES string of the molecule is COc1cc(N(C)CCN(C)C)c(N)cc1Nc1nccc(-c2nc3c(F)cc(F)cc3n2CC(F)(F)F)n1. The van der Waals surface area contributed by atoms with E-state index in [-0.39, 0.29) is 23.0 Å². The van der Waals surface area contributed by atoms with Crippen molar-refractivity contribution in [3.8, 4) is 17.3 Å². The molecule has 4 aromatic rings. The average molecular weight is 551 g/mol. The number of nitrogens with zero attached hydrogens (tertiary/aromatic N) is 6. The number of nitrogen functional groups attached to an aromatic ring is 1. The van der Waals surface area contributed by atoms with Crippen molar-refractivity contribution in [2.24, 2.45) is 0 Å². The van der Waals surface area contributed by atoms with E-state index < -0.39 is 29.9 Å². The van der Waals surface area contributed by atoms with Crippen LogP contribution in [-0.2, 0) is 6.54 Å². The number of imidazole rings is 1. The van der Waals surface area contributed by atoms with Gasteiger partial charge < -0.3 is 30.2 Å². The summed E-state index contributed by atoms with van der Waals surface area (Å²) >= 11 is 0. The smallest absolute Gasteiger partial charge is 0.406 e. The molecule has 14 heteroatoms. The number of fused-ring (bicyclic) bond motifs is 1. The van der Waals surface area contributed by atoms with Crippen LogP contribution in [0.1, 0.15) is 0 Å². The molecule has 0 saturated carbocycles. The predicted octanol–water partition coefficient (Wildman–Crippen LogP) is 4.67. The maximum absolute atomic E-state index is 14.4. The molecule has 0 unspecified atom stereocenters. The van der Waals surface area contributed by atoms with E-state index in [1.54, 1.807) is 12.1 Å². The molecule has 2 aromatic carbocycles. The number of anilines is 4. The van der Waals surface area contributed by atoms with Gasteiger partial charge in [-0.3, -0.25) is 0 Å². The Hall–Kier alpha value is -4.20. The number of likely N-dealkylation sites (N-methyl/N-ethyl adjacent to an activating group) is 2. The van der Waals surface area contributed by atoms with Gasteiger partial charge in [0.05, 0.1) is 29.7 Å². The fourth-order valence-corrected chi connectivity index (χ4v) is 4.00. The van der Waals surface area contributed by atoms with Crippen molar-refractivity contribution in [3.63, 3.8) is 0 Å². The van der Waals surface area contributed by atoms with Crippen LogP contribution in [0.5, 0.6) is 5.75 Å². The van der Waals surface area contributed by atoms with Gasteiger partial charge in [0.25, 0.3) is 0 Å². The summed E-state index contributed by atoms with van der Waals surface area (Å²) in [6.45, 7) is -0.0160. The minimum absolute atomic E-state index is 0.00354. The van der Waals surface area contributed by atoms with Gasteiger partial charge >= 0.3 is 6.18 Å². The highest BCUT2D eigenvalue weighted by Crippen LogP contribution is 2.36. The molecule has 0 spiro atoms. The van der Waals surface area contributed by atoms with Crippen molar-refractivity contribution >= 4 is 34.0 Å². The Morgan fingerprint density at radius 3 is 2.46 bits per heavy atom. The number of methoxy groups -OCH3 is 1. The van der Waals surface area contributed by atoms with Gasteiger partial charge in [-0.2, -0.15) is 13.2 Å². The molecule has 9 nitrogen and oxygen atoms in total. The van der Waals surface area contributed by atoms with Gasteiger partial charge in [0.15, 0.2) is 11.6 Å². The first kappa shape index (κ1) is 27.8. The van der Waals surface area contributed by atoms with Crippen molar-refractivity contribution in [1.29, 1.82) is 0 Å². The highest BCUT2D eigenvalue weighted by Gasteiger charge is 2.31. The van der Waals surface area contributed by atoms with Crippen LogP contribution in [0, 0.1) is 11.6 Å². The Bertz CT molecular complexity index is 1490. The molecule has 0 atom stereocenters. The molecule has 4 rings (SSSR count). The molecule has 208 valence electrons. The van der Waals surface area contributed by atoms with E-state index in [0.29, 0.717) is 34.3 Å². The minimum Gasteiger partial charge on any atom is -0.494 e. The monoisotopic (exact) mass is 550 g/mol. The summed E-state index contributed by atoms with van der Waals surface area (Å²) in [4.78, 5) is 16.5. The minimum atomic E-state index is -4.69. The number of hydrogen-bond acceptors (Lipinski definition) is 8. The first-order chi connectivity index (χ1) is 18.4. The highest BCUT2D eigenvalue weighted by atomic mass is 19.4. The summed E-state index contributed by atoms with van der Waals surface area (Å²) < 4.78 is 74.6. The lowest BCUT2D eigenvalue weighted by molar-refractivity contribution is -0.139. The molecule has 0 bridgehead atoms. The zero-order chi connectivity index (χ0) is 28.5. The summed E-state index contributed by atoms with van der Waals surface area (Å²) in [6.07, 6.45) is -3.39. The predicted molar refractivity (Wildman–Crippen MR) is 139 cm³/mol. The standard InChI is InChI=1S/C25H27F5N8O/c1-36(2)7-8-37(3)19-12-21(39-4)18(11-16(19)31)34-24-32-6-5-17(33-24)23-35-22-15(27)9-14(26)10-20(22)38(23)13-25(28,29)30/h5-6,9-12H,7-8,13,31H2,1-4H3,(H,32,33,34). The van der Waals surface area contributed by atoms with Crippen molar-refractivity contribution in [1.82, 2.24) is 24.4 Å². The van der Waals surface area contributed by atoms with Crippen LogP contribution in [0.4, 0.5) is 45.0 Å². The van der Waals surface area contributed by atoms with E-state index >= 15 is 0 Å². The zero-order valence-electron chi connectivity index (χ0n) is 21.6. The molecule has 2 aromatic heterocycles. The number of hydrogen-bond donors (Lipinski definition) is 2. The largest absolute Gasteiger partial charge is 0.494 e. The van der Waals surface area contributed by atoms with Crippen LogP contribution in [0.3, 0.4) is 0 Å². The highest BCUT2D eigenvalue weighted by molar-refractivity contribution is 5.82. The Balaban J connectivity index is 1.72. The van der Waals surface area contributed by atoms with Gasteiger partial charge in [0.2, 0.25) is 5.95 Å². The van der Waals surface area contributed by atoms with Gasteiger partial charge in [-0.05, 0) is 32.3 Å². The van der Waals surface area contributed by atoms with Crippen molar-refractivity contribution in [2.45, 2.75) is 12.7 Å². The summed E-state index contributed by atoms with van der Waals surface area (Å²) in [7, 11) is 7.30. The first-order valence-electron chi connectivity index (χ1n) is 11.7. The van der Waals surface area contributed by atoms with E-state index in [1.165, 1.54) is 19.4 Å². The normalized spacial score (nSPS) is 11.8. The van der Waals surface area contributed by atoms with Crippen molar-refractivity contribution in [2.75, 3.05) is 57.3 Å². The lowest BCUT2D eigenvalue weighted by Crippen LogP contribution is -2.29. The number of aromatic nitrogens is 4. The van der Waals surface area contributed by atoms with Gasteiger partial charge in [-0.25, -0.2) is 23.7 Å². The number of halogens is 5. The average Bonchev–Trinajstić information content (AvgIpc) is 3.20. The molecule has 0 aliphatic rings. The van der Waals surface area contributed by atoms with Crippen LogP contribution in [0.15, 0.2) is 36.5 Å². The Labute approximate surface area is 221 Å². The van der Waals surface area contributed by atoms with E-state index in [4.69, 9.17) is 10.5 Å². The second-order valence-corrected chi connectivity index (χ2v) is 9.12. The van der Waals surface area contributed by atoms with Crippen molar-refractivity contribution in [3.05, 3.63) is 48.2 Å². The third-order valence-corrected chi connectivity index (χ3v) is 5.88. The van der Waals surface area contributed by atoms with Gasteiger partial charge in [0.1, 0.15) is 29.3 Å². The molecule has 3 N–H and O–H groups in total. The number of nitrogens with two attached hydrogens (primary N) is 1. The lowest BCUT2D eigenvalue weighted by atomic mass is 10.2. The molecule has 0 aliphatic heterocycles. The molecule has 0 saturated heterocycles. The summed E-state index contributed by atoms with van der Waals surface area (Å²) in [6, 6.07) is 6.06. The van der Waals surface area contributed by atoms with Crippen LogP contribution in [0.2, 0.25) is 0 Å². The Kier molecular flexibility index (Phi) is 7.77. The Morgan fingerprint density at radius 1 is 1.05 bits per heavy atom. The second kappa shape index (κ2) is 10.9. The fourth-order valence-electron chi connectivity index (χ4n) is 4.00. The Morgan fingerprint density at radius 2 is 1.79 bits per heavy atom. The zero-order valence-corrected chi connectivity index (χ0v) is 21.6. The van der Waals surface area contributed by atoms with Crippen LogP contribution < -0.4 is 20.7 Å². The van der Waals surface area contributed by atoms with Gasteiger partial charge in [-0.1, -0.05) is 0 Å². The van der Waals surface area contributed by atoms with E-state index in [9.17, 15) is 22.0 Å². The maximum Gasteiger partial charge on any atom is 0.406 e. The second-order valence-electron chi connectivity index (χ2n) is 9.12. The number of alkyl halides is 3. The van der Waals surface area contributed by atoms with Crippen LogP contribution in [0.25, 0.3) is 22.6 Å². The maximum atomic E-state index is 14.4. The molecule has 0 radical (unpaired) electrons. The van der Waals surface area contributed by atoms with E-state index in [1.807, 2.05) is 30.9 Å². The molecule has 0 amide bonds. The van der Waals surface area contributed by atoms with E-state index in [2.05, 4.69) is 20.3 Å². The van der Waals surface area contributed by atoms with E-state index in [0.717, 1.165) is 18.3 Å². The molecule has 2 heterocycles.